The van der Waals surface area contributed by atoms with Crippen molar-refractivity contribution >= 4 is 12.0 Å². The Morgan fingerprint density at radius 3 is 2.39 bits per heavy atom. The molecule has 2 amide bonds. The highest BCUT2D eigenvalue weighted by Gasteiger charge is 2.35. The van der Waals surface area contributed by atoms with Gasteiger partial charge in [0.2, 0.25) is 0 Å². The molecule has 0 saturated carbocycles. The van der Waals surface area contributed by atoms with E-state index in [1.807, 2.05) is 56.3 Å². The van der Waals surface area contributed by atoms with Crippen LogP contribution in [0.3, 0.4) is 0 Å². The van der Waals surface area contributed by atoms with Crippen molar-refractivity contribution in [1.82, 2.24) is 10.2 Å². The molecule has 166 valence electrons. The molecule has 31 heavy (non-hydrogen) atoms. The third-order valence-electron chi connectivity index (χ3n) is 6.01. The summed E-state index contributed by atoms with van der Waals surface area (Å²) in [5.74, 6) is 0.0296. The number of carboxylic acids is 1. The topological polar surface area (TPSA) is 88.1 Å². The third-order valence-corrected chi connectivity index (χ3v) is 6.01. The van der Waals surface area contributed by atoms with Crippen LogP contribution < -0.4 is 14.8 Å². The number of carboxylic acid groups (broad SMARTS) is 1. The Bertz CT molecular complexity index is 931. The summed E-state index contributed by atoms with van der Waals surface area (Å²) in [6, 6.07) is 11.9. The molecular formula is C24H30N2O5. The van der Waals surface area contributed by atoms with Gasteiger partial charge in [0.05, 0.1) is 20.3 Å². The lowest BCUT2D eigenvalue weighted by Gasteiger charge is -2.39. The van der Waals surface area contributed by atoms with Crippen LogP contribution in [0.25, 0.3) is 0 Å². The van der Waals surface area contributed by atoms with Crippen molar-refractivity contribution in [2.75, 3.05) is 20.8 Å². The Hall–Kier alpha value is -3.22. The zero-order chi connectivity index (χ0) is 22.5. The fraction of sp³-hybridized carbons (Fsp3) is 0.417. The number of ether oxygens (including phenoxy) is 2. The first kappa shape index (κ1) is 22.5. The van der Waals surface area contributed by atoms with E-state index in [-0.39, 0.29) is 18.0 Å². The second kappa shape index (κ2) is 9.73. The van der Waals surface area contributed by atoms with E-state index in [2.05, 4.69) is 5.32 Å². The van der Waals surface area contributed by atoms with Crippen molar-refractivity contribution in [3.8, 4) is 11.5 Å². The number of benzene rings is 2. The molecule has 7 heteroatoms. The number of amides is 2. The van der Waals surface area contributed by atoms with Crippen LogP contribution in [-0.2, 0) is 11.2 Å². The number of nitrogens with one attached hydrogen (secondary N) is 1. The molecule has 0 spiro atoms. The number of methoxy groups -OCH3 is 2. The molecule has 0 aromatic heterocycles. The van der Waals surface area contributed by atoms with Gasteiger partial charge in [0.1, 0.15) is 6.04 Å². The van der Waals surface area contributed by atoms with Crippen LogP contribution in [0.5, 0.6) is 11.5 Å². The van der Waals surface area contributed by atoms with Crippen molar-refractivity contribution in [2.24, 2.45) is 5.92 Å². The molecule has 7 nitrogen and oxygen atoms in total. The normalized spacial score (nSPS) is 17.3. The maximum Gasteiger partial charge on any atom is 0.326 e. The lowest BCUT2D eigenvalue weighted by atomic mass is 9.87. The zero-order valence-corrected chi connectivity index (χ0v) is 18.4. The van der Waals surface area contributed by atoms with Crippen LogP contribution in [0.1, 0.15) is 43.0 Å². The molecule has 3 atom stereocenters. The quantitative estimate of drug-likeness (QED) is 0.702. The average molecular weight is 427 g/mol. The van der Waals surface area contributed by atoms with Crippen LogP contribution in [0.15, 0.2) is 42.5 Å². The van der Waals surface area contributed by atoms with Gasteiger partial charge in [0.25, 0.3) is 0 Å². The van der Waals surface area contributed by atoms with Crippen molar-refractivity contribution < 1.29 is 24.2 Å². The maximum atomic E-state index is 13.3. The van der Waals surface area contributed by atoms with Gasteiger partial charge in [-0.15, -0.1) is 0 Å². The van der Waals surface area contributed by atoms with Crippen molar-refractivity contribution in [1.29, 1.82) is 0 Å². The first-order chi connectivity index (χ1) is 14.9. The van der Waals surface area contributed by atoms with E-state index in [4.69, 9.17) is 9.47 Å². The van der Waals surface area contributed by atoms with Gasteiger partial charge in [-0.05, 0) is 41.2 Å². The Labute approximate surface area is 183 Å². The van der Waals surface area contributed by atoms with E-state index in [0.717, 1.165) is 16.7 Å². The number of carbonyl (C=O) groups excluding carboxylic acids is 1. The summed E-state index contributed by atoms with van der Waals surface area (Å²) in [4.78, 5) is 26.8. The fourth-order valence-corrected chi connectivity index (χ4v) is 4.06. The van der Waals surface area contributed by atoms with Gasteiger partial charge < -0.3 is 24.8 Å². The van der Waals surface area contributed by atoms with Gasteiger partial charge in [-0.2, -0.15) is 0 Å². The minimum atomic E-state index is -1.03. The van der Waals surface area contributed by atoms with Crippen molar-refractivity contribution in [3.05, 3.63) is 59.2 Å². The number of rotatable bonds is 7. The smallest absolute Gasteiger partial charge is 0.326 e. The van der Waals surface area contributed by atoms with Crippen LogP contribution in [-0.4, -0.2) is 48.8 Å². The van der Waals surface area contributed by atoms with E-state index in [9.17, 15) is 14.7 Å². The van der Waals surface area contributed by atoms with Gasteiger partial charge in [0, 0.05) is 6.54 Å². The molecule has 0 fully saturated rings. The number of urea groups is 1. The molecule has 0 unspecified atom stereocenters. The van der Waals surface area contributed by atoms with E-state index >= 15 is 0 Å². The minimum absolute atomic E-state index is 0.182. The number of hydrogen-bond donors (Lipinski definition) is 2. The predicted molar refractivity (Wildman–Crippen MR) is 118 cm³/mol. The largest absolute Gasteiger partial charge is 0.493 e. The Kier molecular flexibility index (Phi) is 7.05. The van der Waals surface area contributed by atoms with Crippen molar-refractivity contribution in [3.63, 3.8) is 0 Å². The highest BCUT2D eigenvalue weighted by molar-refractivity contribution is 5.83. The number of nitrogens with zero attached hydrogens (tertiary/aromatic N) is 1. The van der Waals surface area contributed by atoms with E-state index in [1.165, 1.54) is 0 Å². The molecule has 0 aliphatic carbocycles. The lowest BCUT2D eigenvalue weighted by Crippen LogP contribution is -2.53. The Morgan fingerprint density at radius 1 is 1.16 bits per heavy atom. The standard InChI is InChI=1S/C24H30N2O5/c1-5-15(2)21(23(27)28)25-24(29)26-12-11-17-13-19(30-3)20(31-4)14-18(17)22(26)16-9-7-6-8-10-16/h6-10,13-15,21-22H,5,11-12H2,1-4H3,(H,25,29)(H,27,28)/t15-,21+,22+/m1/s1. The monoisotopic (exact) mass is 426 g/mol. The summed E-state index contributed by atoms with van der Waals surface area (Å²) in [5, 5.41) is 12.4. The second-order valence-corrected chi connectivity index (χ2v) is 7.81. The summed E-state index contributed by atoms with van der Waals surface area (Å²) >= 11 is 0. The molecule has 2 N–H and O–H groups in total. The van der Waals surface area contributed by atoms with E-state index in [0.29, 0.717) is 30.9 Å². The molecule has 2 aromatic carbocycles. The first-order valence-corrected chi connectivity index (χ1v) is 10.5. The van der Waals surface area contributed by atoms with E-state index < -0.39 is 12.0 Å². The molecular weight excluding hydrogens is 396 g/mol. The number of carbonyl (C=O) groups is 2. The van der Waals surface area contributed by atoms with Gasteiger partial charge in [0.15, 0.2) is 11.5 Å². The SMILES string of the molecule is CC[C@@H](C)[C@H](NC(=O)N1CCc2cc(OC)c(OC)cc2[C@@H]1c1ccccc1)C(=O)O. The third kappa shape index (κ3) is 4.60. The Balaban J connectivity index is 2.03. The highest BCUT2D eigenvalue weighted by atomic mass is 16.5. The van der Waals surface area contributed by atoms with Gasteiger partial charge in [-0.25, -0.2) is 9.59 Å². The van der Waals surface area contributed by atoms with Crippen LogP contribution in [0.2, 0.25) is 0 Å². The van der Waals surface area contributed by atoms with Gasteiger partial charge in [-0.3, -0.25) is 0 Å². The lowest BCUT2D eigenvalue weighted by molar-refractivity contribution is -0.140. The van der Waals surface area contributed by atoms with Gasteiger partial charge in [-0.1, -0.05) is 50.6 Å². The summed E-state index contributed by atoms with van der Waals surface area (Å²) in [6.45, 7) is 4.20. The molecule has 1 aliphatic heterocycles. The molecule has 3 rings (SSSR count). The zero-order valence-electron chi connectivity index (χ0n) is 18.4. The van der Waals surface area contributed by atoms with E-state index in [1.54, 1.807) is 19.1 Å². The molecule has 2 aromatic rings. The average Bonchev–Trinajstić information content (AvgIpc) is 2.80. The maximum absolute atomic E-state index is 13.3. The Morgan fingerprint density at radius 2 is 1.81 bits per heavy atom. The summed E-state index contributed by atoms with van der Waals surface area (Å²) in [6.07, 6.45) is 1.28. The van der Waals surface area contributed by atoms with Crippen LogP contribution >= 0.6 is 0 Å². The predicted octanol–water partition coefficient (Wildman–Crippen LogP) is 3.86. The fourth-order valence-electron chi connectivity index (χ4n) is 4.06. The van der Waals surface area contributed by atoms with Crippen LogP contribution in [0.4, 0.5) is 4.79 Å². The summed E-state index contributed by atoms with van der Waals surface area (Å²) < 4.78 is 11.0. The summed E-state index contributed by atoms with van der Waals surface area (Å²) in [7, 11) is 3.18. The molecule has 1 aliphatic rings. The second-order valence-electron chi connectivity index (χ2n) is 7.81. The summed E-state index contributed by atoms with van der Waals surface area (Å²) in [5.41, 5.74) is 2.97. The van der Waals surface area contributed by atoms with Gasteiger partial charge >= 0.3 is 12.0 Å². The molecule has 1 heterocycles. The van der Waals surface area contributed by atoms with Crippen molar-refractivity contribution in [2.45, 2.75) is 38.8 Å². The number of hydrogen-bond acceptors (Lipinski definition) is 4. The molecule has 0 bridgehead atoms. The van der Waals surface area contributed by atoms with Crippen LogP contribution in [0, 0.1) is 5.92 Å². The molecule has 0 saturated heterocycles. The first-order valence-electron chi connectivity index (χ1n) is 10.5. The highest BCUT2D eigenvalue weighted by Crippen LogP contribution is 2.41. The number of fused-ring (bicyclic) bond motifs is 1. The minimum Gasteiger partial charge on any atom is -0.493 e. The number of aliphatic carboxylic acids is 1. The molecule has 0 radical (unpaired) electrons.